The Labute approximate surface area is 212 Å². The van der Waals surface area contributed by atoms with E-state index in [1.54, 1.807) is 32.3 Å². The normalized spacial score (nSPS) is 24.9. The number of nitrogens with zero attached hydrogens (tertiary/aromatic N) is 2. The van der Waals surface area contributed by atoms with Crippen LogP contribution in [0.1, 0.15) is 86.0 Å². The number of esters is 1. The van der Waals surface area contributed by atoms with Crippen LogP contribution in [0.5, 0.6) is 0 Å². The van der Waals surface area contributed by atoms with Gasteiger partial charge in [-0.2, -0.15) is 0 Å². The SMILES string of the molecule is CC/C(=C/C(=O)N(C)/C=C\CCCC1CC[C@H](C)C[C@@H](C)C(=O)N(C)[C@@H](CC(C)C)C(=O)O1)OC. The predicted octanol–water partition coefficient (Wildman–Crippen LogP) is 5.31. The Balaban J connectivity index is 2.78. The lowest BCUT2D eigenvalue weighted by molar-refractivity contribution is -0.160. The van der Waals surface area contributed by atoms with Crippen molar-refractivity contribution in [1.29, 1.82) is 0 Å². The number of allylic oxidation sites excluding steroid dienone is 2. The molecule has 0 aliphatic carbocycles. The number of amides is 2. The molecule has 0 aromatic carbocycles. The fraction of sp³-hybridized carbons (Fsp3) is 0.750. The van der Waals surface area contributed by atoms with Gasteiger partial charge in [0.2, 0.25) is 5.91 Å². The van der Waals surface area contributed by atoms with Crippen LogP contribution in [0.3, 0.4) is 0 Å². The second kappa shape index (κ2) is 15.6. The monoisotopic (exact) mass is 492 g/mol. The summed E-state index contributed by atoms with van der Waals surface area (Å²) >= 11 is 0. The van der Waals surface area contributed by atoms with E-state index in [2.05, 4.69) is 20.8 Å². The molecule has 0 aromatic heterocycles. The van der Waals surface area contributed by atoms with Crippen LogP contribution < -0.4 is 0 Å². The number of likely N-dealkylation sites (N-methyl/N-ethyl adjacent to an activating group) is 2. The zero-order chi connectivity index (χ0) is 26.5. The summed E-state index contributed by atoms with van der Waals surface area (Å²) in [5, 5.41) is 0. The smallest absolute Gasteiger partial charge is 0.329 e. The van der Waals surface area contributed by atoms with Gasteiger partial charge >= 0.3 is 5.97 Å². The minimum atomic E-state index is -0.548. The van der Waals surface area contributed by atoms with Gasteiger partial charge in [0.05, 0.1) is 7.11 Å². The van der Waals surface area contributed by atoms with E-state index in [0.717, 1.165) is 38.5 Å². The van der Waals surface area contributed by atoms with Gasteiger partial charge in [-0.15, -0.1) is 0 Å². The molecule has 1 rings (SSSR count). The van der Waals surface area contributed by atoms with Gasteiger partial charge in [0.1, 0.15) is 17.9 Å². The van der Waals surface area contributed by atoms with Gasteiger partial charge in [-0.25, -0.2) is 4.79 Å². The maximum Gasteiger partial charge on any atom is 0.329 e. The van der Waals surface area contributed by atoms with Crippen LogP contribution >= 0.6 is 0 Å². The maximum atomic E-state index is 13.1. The molecule has 35 heavy (non-hydrogen) atoms. The third kappa shape index (κ3) is 10.9. The Morgan fingerprint density at radius 2 is 1.94 bits per heavy atom. The molecule has 1 aliphatic rings. The van der Waals surface area contributed by atoms with Gasteiger partial charge in [0.15, 0.2) is 0 Å². The number of carbonyl (C=O) groups is 3. The van der Waals surface area contributed by atoms with Crippen molar-refractivity contribution in [2.45, 2.75) is 98.1 Å². The summed E-state index contributed by atoms with van der Waals surface area (Å²) in [5.74, 6) is 0.805. The minimum absolute atomic E-state index is 0.0214. The number of rotatable bonds is 10. The van der Waals surface area contributed by atoms with Crippen molar-refractivity contribution in [1.82, 2.24) is 9.80 Å². The lowest BCUT2D eigenvalue weighted by Crippen LogP contribution is -2.46. The average Bonchev–Trinajstić information content (AvgIpc) is 2.82. The van der Waals surface area contributed by atoms with E-state index in [0.29, 0.717) is 24.5 Å². The fourth-order valence-electron chi connectivity index (χ4n) is 4.47. The van der Waals surface area contributed by atoms with E-state index in [9.17, 15) is 14.4 Å². The molecule has 1 saturated heterocycles. The van der Waals surface area contributed by atoms with E-state index < -0.39 is 6.04 Å². The third-order valence-corrected chi connectivity index (χ3v) is 6.69. The number of methoxy groups -OCH3 is 1. The number of cyclic esters (lactones) is 1. The van der Waals surface area contributed by atoms with Gasteiger partial charge in [0.25, 0.3) is 5.91 Å². The molecule has 1 aliphatic heterocycles. The van der Waals surface area contributed by atoms with Gasteiger partial charge in [-0.05, 0) is 56.8 Å². The largest absolute Gasteiger partial charge is 0.501 e. The molecule has 0 spiro atoms. The molecule has 7 heteroatoms. The van der Waals surface area contributed by atoms with Crippen molar-refractivity contribution in [3.8, 4) is 0 Å². The highest BCUT2D eigenvalue weighted by atomic mass is 16.5. The first kappa shape index (κ1) is 30.7. The third-order valence-electron chi connectivity index (χ3n) is 6.69. The summed E-state index contributed by atoms with van der Waals surface area (Å²) in [5.41, 5.74) is 0. The first-order valence-corrected chi connectivity index (χ1v) is 13.1. The quantitative estimate of drug-likeness (QED) is 0.179. The van der Waals surface area contributed by atoms with Crippen molar-refractivity contribution in [3.63, 3.8) is 0 Å². The molecule has 0 saturated carbocycles. The molecule has 0 bridgehead atoms. The number of hydrogen-bond donors (Lipinski definition) is 0. The van der Waals surface area contributed by atoms with Crippen molar-refractivity contribution in [3.05, 3.63) is 24.1 Å². The van der Waals surface area contributed by atoms with E-state index in [-0.39, 0.29) is 35.7 Å². The lowest BCUT2D eigenvalue weighted by Gasteiger charge is -2.31. The van der Waals surface area contributed by atoms with E-state index in [1.165, 1.54) is 11.0 Å². The van der Waals surface area contributed by atoms with Gasteiger partial charge in [-0.1, -0.05) is 40.7 Å². The highest BCUT2D eigenvalue weighted by Gasteiger charge is 2.34. The number of carbonyl (C=O) groups excluding carboxylic acids is 3. The van der Waals surface area contributed by atoms with Gasteiger partial charge in [0, 0.05) is 38.7 Å². The maximum absolute atomic E-state index is 13.1. The van der Waals surface area contributed by atoms with Crippen molar-refractivity contribution in [2.75, 3.05) is 21.2 Å². The van der Waals surface area contributed by atoms with Crippen LogP contribution in [0.4, 0.5) is 0 Å². The zero-order valence-corrected chi connectivity index (χ0v) is 23.2. The number of ether oxygens (including phenoxy) is 2. The molecule has 1 unspecified atom stereocenters. The molecule has 0 N–H and O–H groups in total. The Morgan fingerprint density at radius 3 is 2.54 bits per heavy atom. The standard InChI is InChI=1S/C28H48N2O5/c1-9-23(34-8)19-26(31)29(6)16-12-10-11-13-24-15-14-21(4)18-22(5)27(32)30(7)25(17-20(2)3)28(33)35-24/h12,16,19-22,24-25H,9-11,13-15,17-18H2,1-8H3/b16-12-,23-19-/t21-,22+,24?,25-/m0/s1. The molecule has 0 radical (unpaired) electrons. The molecule has 2 amide bonds. The summed E-state index contributed by atoms with van der Waals surface area (Å²) in [4.78, 5) is 41.5. The fourth-order valence-corrected chi connectivity index (χ4v) is 4.47. The summed E-state index contributed by atoms with van der Waals surface area (Å²) in [6, 6.07) is -0.548. The van der Waals surface area contributed by atoms with Gasteiger partial charge < -0.3 is 19.3 Å². The molecule has 4 atom stereocenters. The summed E-state index contributed by atoms with van der Waals surface area (Å²) in [7, 11) is 5.02. The van der Waals surface area contributed by atoms with Gasteiger partial charge in [-0.3, -0.25) is 9.59 Å². The Morgan fingerprint density at radius 1 is 1.26 bits per heavy atom. The minimum Gasteiger partial charge on any atom is -0.501 e. The van der Waals surface area contributed by atoms with Crippen LogP contribution in [-0.2, 0) is 23.9 Å². The average molecular weight is 493 g/mol. The van der Waals surface area contributed by atoms with Crippen LogP contribution in [0, 0.1) is 17.8 Å². The molecular weight excluding hydrogens is 444 g/mol. The molecule has 1 fully saturated rings. The topological polar surface area (TPSA) is 76.2 Å². The van der Waals surface area contributed by atoms with Crippen LogP contribution in [0.2, 0.25) is 0 Å². The van der Waals surface area contributed by atoms with Crippen LogP contribution in [0.15, 0.2) is 24.1 Å². The first-order valence-electron chi connectivity index (χ1n) is 13.1. The second-order valence-electron chi connectivity index (χ2n) is 10.4. The Bertz CT molecular complexity index is 740. The molecule has 200 valence electrons. The van der Waals surface area contributed by atoms with Crippen LogP contribution in [0.25, 0.3) is 0 Å². The van der Waals surface area contributed by atoms with E-state index >= 15 is 0 Å². The van der Waals surface area contributed by atoms with E-state index in [1.807, 2.05) is 19.9 Å². The molecule has 1 heterocycles. The zero-order valence-electron chi connectivity index (χ0n) is 23.2. The highest BCUT2D eigenvalue weighted by Crippen LogP contribution is 2.26. The van der Waals surface area contributed by atoms with Crippen LogP contribution in [-0.4, -0.2) is 60.9 Å². The molecule has 0 aromatic rings. The van der Waals surface area contributed by atoms with Crippen molar-refractivity contribution < 1.29 is 23.9 Å². The number of hydrogen-bond acceptors (Lipinski definition) is 5. The van der Waals surface area contributed by atoms with Crippen molar-refractivity contribution >= 4 is 17.8 Å². The summed E-state index contributed by atoms with van der Waals surface area (Å²) < 4.78 is 11.2. The first-order chi connectivity index (χ1) is 16.5. The molecule has 7 nitrogen and oxygen atoms in total. The molecular formula is C28H48N2O5. The summed E-state index contributed by atoms with van der Waals surface area (Å²) in [6.45, 7) is 10.2. The second-order valence-corrected chi connectivity index (χ2v) is 10.4. The Kier molecular flexibility index (Phi) is 13.7. The highest BCUT2D eigenvalue weighted by molar-refractivity contribution is 5.88. The number of unbranched alkanes of at least 4 members (excludes halogenated alkanes) is 1. The summed E-state index contributed by atoms with van der Waals surface area (Å²) in [6.07, 6.45) is 11.3. The lowest BCUT2D eigenvalue weighted by atomic mass is 9.91. The Hall–Kier alpha value is -2.31. The van der Waals surface area contributed by atoms with E-state index in [4.69, 9.17) is 9.47 Å². The van der Waals surface area contributed by atoms with Crippen molar-refractivity contribution in [2.24, 2.45) is 17.8 Å². The predicted molar refractivity (Wildman–Crippen MR) is 139 cm³/mol.